The van der Waals surface area contributed by atoms with Crippen molar-refractivity contribution in [1.82, 2.24) is 4.98 Å². The fourth-order valence-corrected chi connectivity index (χ4v) is 3.31. The Bertz CT molecular complexity index is 862. The van der Waals surface area contributed by atoms with Gasteiger partial charge in [-0.1, -0.05) is 11.6 Å². The summed E-state index contributed by atoms with van der Waals surface area (Å²) >= 11 is 5.75. The number of nitrogens with one attached hydrogen (secondary N) is 1. The van der Waals surface area contributed by atoms with Gasteiger partial charge in [0.1, 0.15) is 5.82 Å². The third kappa shape index (κ3) is 3.93. The first-order valence-corrected chi connectivity index (χ1v) is 9.38. The Kier molecular flexibility index (Phi) is 4.22. The maximum absolute atomic E-state index is 12.1. The van der Waals surface area contributed by atoms with Crippen LogP contribution in [0.2, 0.25) is 5.02 Å². The highest BCUT2D eigenvalue weighted by Gasteiger charge is 2.16. The minimum atomic E-state index is -3.86. The Morgan fingerprint density at radius 3 is 2.10 bits per heavy atom. The van der Waals surface area contributed by atoms with Crippen molar-refractivity contribution in [2.45, 2.75) is 9.79 Å². The number of rotatable bonds is 4. The van der Waals surface area contributed by atoms with Gasteiger partial charge in [0.25, 0.3) is 10.0 Å². The normalized spacial score (nSPS) is 12.1. The summed E-state index contributed by atoms with van der Waals surface area (Å²) in [5.74, 6) is 0.0784. The molecule has 0 aliphatic heterocycles. The van der Waals surface area contributed by atoms with Crippen molar-refractivity contribution in [3.05, 3.63) is 47.6 Å². The topological polar surface area (TPSA) is 93.2 Å². The number of nitrogens with zero attached hydrogens (tertiary/aromatic N) is 1. The molecule has 0 aliphatic rings. The lowest BCUT2D eigenvalue weighted by Gasteiger charge is -2.08. The van der Waals surface area contributed by atoms with E-state index in [1.54, 1.807) is 0 Å². The quantitative estimate of drug-likeness (QED) is 0.913. The Morgan fingerprint density at radius 1 is 1.00 bits per heavy atom. The van der Waals surface area contributed by atoms with E-state index < -0.39 is 19.9 Å². The van der Waals surface area contributed by atoms with Crippen LogP contribution in [0.4, 0.5) is 5.82 Å². The predicted octanol–water partition coefficient (Wildman–Crippen LogP) is 1.94. The molecule has 0 fully saturated rings. The molecule has 0 radical (unpaired) electrons. The maximum atomic E-state index is 12.1. The molecule has 0 spiro atoms. The van der Waals surface area contributed by atoms with Crippen LogP contribution in [0.5, 0.6) is 0 Å². The second kappa shape index (κ2) is 5.63. The maximum Gasteiger partial charge on any atom is 0.263 e. The fraction of sp³-hybridized carbons (Fsp3) is 0.0833. The van der Waals surface area contributed by atoms with Crippen LogP contribution in [0, 0.1) is 0 Å². The van der Waals surface area contributed by atoms with Gasteiger partial charge in [-0.15, -0.1) is 0 Å². The van der Waals surface area contributed by atoms with Gasteiger partial charge in [-0.05, 0) is 30.3 Å². The Hall–Kier alpha value is -1.64. The number of hydrogen-bond acceptors (Lipinski definition) is 5. The minimum Gasteiger partial charge on any atom is -0.263 e. The van der Waals surface area contributed by atoms with Crippen molar-refractivity contribution in [2.24, 2.45) is 0 Å². The van der Waals surface area contributed by atoms with E-state index in [-0.39, 0.29) is 15.6 Å². The molecule has 1 heterocycles. The van der Waals surface area contributed by atoms with Crippen LogP contribution in [-0.4, -0.2) is 28.1 Å². The van der Waals surface area contributed by atoms with Crippen LogP contribution in [0.1, 0.15) is 0 Å². The number of anilines is 1. The first kappa shape index (κ1) is 15.7. The molecule has 1 aromatic heterocycles. The lowest BCUT2D eigenvalue weighted by Crippen LogP contribution is -2.14. The van der Waals surface area contributed by atoms with E-state index in [0.717, 1.165) is 6.26 Å². The van der Waals surface area contributed by atoms with Gasteiger partial charge in [-0.2, -0.15) is 0 Å². The summed E-state index contributed by atoms with van der Waals surface area (Å²) in [5.41, 5.74) is 0. The number of sulfonamides is 1. The van der Waals surface area contributed by atoms with Gasteiger partial charge in [-0.25, -0.2) is 21.8 Å². The summed E-state index contributed by atoms with van der Waals surface area (Å²) in [6, 6.07) is 7.77. The number of pyridine rings is 1. The minimum absolute atomic E-state index is 0.0438. The van der Waals surface area contributed by atoms with Crippen molar-refractivity contribution in [2.75, 3.05) is 11.0 Å². The summed E-state index contributed by atoms with van der Waals surface area (Å²) in [4.78, 5) is 3.81. The molecule has 0 amide bonds. The summed E-state index contributed by atoms with van der Waals surface area (Å²) in [6.45, 7) is 0. The Morgan fingerprint density at radius 2 is 1.57 bits per heavy atom. The molecular weight excluding hydrogens is 336 g/mol. The first-order chi connectivity index (χ1) is 9.68. The van der Waals surface area contributed by atoms with Crippen LogP contribution in [0.25, 0.3) is 0 Å². The summed E-state index contributed by atoms with van der Waals surface area (Å²) in [7, 11) is -7.23. The molecule has 112 valence electrons. The number of hydrogen-bond donors (Lipinski definition) is 1. The van der Waals surface area contributed by atoms with Crippen LogP contribution in [0.15, 0.2) is 52.4 Å². The second-order valence-electron chi connectivity index (χ2n) is 4.21. The Labute approximate surface area is 127 Å². The van der Waals surface area contributed by atoms with Crippen molar-refractivity contribution in [3.8, 4) is 0 Å². The summed E-state index contributed by atoms with van der Waals surface area (Å²) in [5, 5.41) is 0.343. The van der Waals surface area contributed by atoms with Crippen molar-refractivity contribution in [3.63, 3.8) is 0 Å². The monoisotopic (exact) mass is 346 g/mol. The molecule has 2 rings (SSSR count). The van der Waals surface area contributed by atoms with E-state index in [9.17, 15) is 16.8 Å². The molecule has 2 aromatic rings. The standard InChI is InChI=1S/C12H11ClN2O4S2/c1-20(16,17)10-2-4-11(5-3-10)21(18,19)15-12-8-9(13)6-7-14-12/h2-8H,1H3,(H,14,15). The van der Waals surface area contributed by atoms with Crippen LogP contribution >= 0.6 is 11.6 Å². The van der Waals surface area contributed by atoms with Crippen LogP contribution in [-0.2, 0) is 19.9 Å². The smallest absolute Gasteiger partial charge is 0.263 e. The molecule has 0 bridgehead atoms. The van der Waals surface area contributed by atoms with Gasteiger partial charge >= 0.3 is 0 Å². The summed E-state index contributed by atoms with van der Waals surface area (Å²) < 4.78 is 49.2. The van der Waals surface area contributed by atoms with Gasteiger partial charge < -0.3 is 0 Å². The molecule has 0 atom stereocenters. The van der Waals surface area contributed by atoms with Crippen LogP contribution in [0.3, 0.4) is 0 Å². The Balaban J connectivity index is 2.32. The van der Waals surface area contributed by atoms with E-state index in [1.807, 2.05) is 0 Å². The molecule has 21 heavy (non-hydrogen) atoms. The molecule has 0 aliphatic carbocycles. The molecule has 6 nitrogen and oxygen atoms in total. The molecule has 9 heteroatoms. The fourth-order valence-electron chi connectivity index (χ4n) is 1.52. The zero-order valence-electron chi connectivity index (χ0n) is 10.8. The van der Waals surface area contributed by atoms with Crippen molar-refractivity contribution in [1.29, 1.82) is 0 Å². The molecule has 1 N–H and O–H groups in total. The first-order valence-electron chi connectivity index (χ1n) is 5.63. The van der Waals surface area contributed by atoms with E-state index in [2.05, 4.69) is 9.71 Å². The third-order valence-electron chi connectivity index (χ3n) is 2.52. The van der Waals surface area contributed by atoms with Crippen LogP contribution < -0.4 is 4.72 Å². The molecule has 0 saturated heterocycles. The lowest BCUT2D eigenvalue weighted by molar-refractivity contribution is 0.597. The van der Waals surface area contributed by atoms with E-state index >= 15 is 0 Å². The van der Waals surface area contributed by atoms with Gasteiger partial charge in [0.15, 0.2) is 9.84 Å². The molecule has 1 aromatic carbocycles. The zero-order chi connectivity index (χ0) is 15.7. The van der Waals surface area contributed by atoms with Gasteiger partial charge in [-0.3, -0.25) is 4.72 Å². The van der Waals surface area contributed by atoms with E-state index in [4.69, 9.17) is 11.6 Å². The average Bonchev–Trinajstić information content (AvgIpc) is 2.37. The van der Waals surface area contributed by atoms with Crippen molar-refractivity contribution < 1.29 is 16.8 Å². The molecule has 0 unspecified atom stereocenters. The van der Waals surface area contributed by atoms with E-state index in [0.29, 0.717) is 5.02 Å². The second-order valence-corrected chi connectivity index (χ2v) is 8.34. The molecule has 0 saturated carbocycles. The average molecular weight is 347 g/mol. The van der Waals surface area contributed by atoms with Gasteiger partial charge in [0.05, 0.1) is 9.79 Å². The predicted molar refractivity (Wildman–Crippen MR) is 79.6 cm³/mol. The third-order valence-corrected chi connectivity index (χ3v) is 5.26. The number of halogens is 1. The number of aromatic nitrogens is 1. The number of sulfone groups is 1. The SMILES string of the molecule is CS(=O)(=O)c1ccc(S(=O)(=O)Nc2cc(Cl)ccn2)cc1. The molecular formula is C12H11ClN2O4S2. The summed E-state index contributed by atoms with van der Waals surface area (Å²) in [6.07, 6.45) is 2.41. The van der Waals surface area contributed by atoms with E-state index in [1.165, 1.54) is 42.6 Å². The zero-order valence-corrected chi connectivity index (χ0v) is 13.2. The number of benzene rings is 1. The highest BCUT2D eigenvalue weighted by Crippen LogP contribution is 2.18. The van der Waals surface area contributed by atoms with Gasteiger partial charge in [0, 0.05) is 23.5 Å². The van der Waals surface area contributed by atoms with Crippen molar-refractivity contribution >= 4 is 37.3 Å². The highest BCUT2D eigenvalue weighted by atomic mass is 35.5. The largest absolute Gasteiger partial charge is 0.263 e. The van der Waals surface area contributed by atoms with Gasteiger partial charge in [0.2, 0.25) is 0 Å². The highest BCUT2D eigenvalue weighted by molar-refractivity contribution is 7.92. The lowest BCUT2D eigenvalue weighted by atomic mass is 10.4.